The lowest BCUT2D eigenvalue weighted by Gasteiger charge is -2.20. The van der Waals surface area contributed by atoms with E-state index in [0.29, 0.717) is 3.57 Å². The van der Waals surface area contributed by atoms with E-state index in [1.165, 1.54) is 45.4 Å². The third-order valence-electron chi connectivity index (χ3n) is 5.60. The molecule has 15 heteroatoms. The third-order valence-corrected chi connectivity index (χ3v) is 6.27. The van der Waals surface area contributed by atoms with Gasteiger partial charge in [0.2, 0.25) is 0 Å². The first-order chi connectivity index (χ1) is 19.5. The number of benzene rings is 3. The highest BCUT2D eigenvalue weighted by atomic mass is 127. The maximum atomic E-state index is 15.1. The fraction of sp³-hybridized carbons (Fsp3) is 0.269. The van der Waals surface area contributed by atoms with Crippen molar-refractivity contribution >= 4 is 45.6 Å². The van der Waals surface area contributed by atoms with Crippen molar-refractivity contribution in [3.8, 4) is 11.5 Å². The minimum atomic E-state index is -1.41. The number of hydrogen-bond donors (Lipinski definition) is 3. The lowest BCUT2D eigenvalue weighted by molar-refractivity contribution is -0.386. The number of nitro benzene ring substituents is 1. The SMILES string of the molecule is COc1cc(C(C)O/C(=N\OC[C@H](O)CO)c2ccc(F)c(F)c2Nc2ccc(I)cc2F)c([N+](=O)[O-])cc1OC. The summed E-state index contributed by atoms with van der Waals surface area (Å²) >= 11 is 1.88. The van der Waals surface area contributed by atoms with E-state index in [0.717, 1.165) is 18.2 Å². The number of halogens is 4. The predicted octanol–water partition coefficient (Wildman–Crippen LogP) is 5.19. The predicted molar refractivity (Wildman–Crippen MR) is 150 cm³/mol. The molecule has 0 aromatic heterocycles. The van der Waals surface area contributed by atoms with Gasteiger partial charge < -0.3 is 34.6 Å². The summed E-state index contributed by atoms with van der Waals surface area (Å²) in [5, 5.41) is 36.8. The Morgan fingerprint density at radius 3 is 2.39 bits per heavy atom. The zero-order chi connectivity index (χ0) is 30.3. The van der Waals surface area contributed by atoms with Gasteiger partial charge in [-0.3, -0.25) is 10.1 Å². The molecule has 2 atom stereocenters. The summed E-state index contributed by atoms with van der Waals surface area (Å²) in [6.07, 6.45) is -2.52. The lowest BCUT2D eigenvalue weighted by Crippen LogP contribution is -2.20. The fourth-order valence-corrected chi connectivity index (χ4v) is 4.00. The quantitative estimate of drug-likeness (QED) is 0.0769. The molecule has 11 nitrogen and oxygen atoms in total. The molecule has 3 N–H and O–H groups in total. The second kappa shape index (κ2) is 14.2. The Balaban J connectivity index is 2.13. The highest BCUT2D eigenvalue weighted by Crippen LogP contribution is 2.39. The average Bonchev–Trinajstić information content (AvgIpc) is 2.95. The van der Waals surface area contributed by atoms with Crippen LogP contribution in [0.25, 0.3) is 0 Å². The molecule has 3 rings (SSSR count). The molecule has 220 valence electrons. The van der Waals surface area contributed by atoms with E-state index >= 15 is 4.39 Å². The van der Waals surface area contributed by atoms with Gasteiger partial charge in [0.25, 0.3) is 11.6 Å². The van der Waals surface area contributed by atoms with Crippen LogP contribution in [-0.2, 0) is 9.57 Å². The highest BCUT2D eigenvalue weighted by Gasteiger charge is 2.28. The molecule has 0 fully saturated rings. The van der Waals surface area contributed by atoms with Crippen molar-refractivity contribution in [2.45, 2.75) is 19.1 Å². The van der Waals surface area contributed by atoms with Crippen LogP contribution in [0.15, 0.2) is 47.6 Å². The summed E-state index contributed by atoms with van der Waals surface area (Å²) < 4.78 is 60.9. The zero-order valence-corrected chi connectivity index (χ0v) is 24.0. The van der Waals surface area contributed by atoms with Crippen molar-refractivity contribution in [3.63, 3.8) is 0 Å². The molecule has 0 aliphatic rings. The molecule has 0 aliphatic heterocycles. The second-order valence-corrected chi connectivity index (χ2v) is 9.59. The van der Waals surface area contributed by atoms with Gasteiger partial charge in [-0.2, -0.15) is 0 Å². The lowest BCUT2D eigenvalue weighted by atomic mass is 10.1. The van der Waals surface area contributed by atoms with Crippen LogP contribution >= 0.6 is 22.6 Å². The summed E-state index contributed by atoms with van der Waals surface area (Å²) in [6, 6.07) is 8.29. The first kappa shape index (κ1) is 31.7. The Hall–Kier alpha value is -3.83. The van der Waals surface area contributed by atoms with E-state index < -0.39 is 65.1 Å². The summed E-state index contributed by atoms with van der Waals surface area (Å²) in [4.78, 5) is 16.2. The number of oxime groups is 1. The topological polar surface area (TPSA) is 145 Å². The molecule has 3 aromatic carbocycles. The first-order valence-electron chi connectivity index (χ1n) is 11.8. The van der Waals surface area contributed by atoms with Gasteiger partial charge in [-0.25, -0.2) is 13.2 Å². The molecular weight excluding hydrogens is 666 g/mol. The Bertz CT molecular complexity index is 1440. The monoisotopic (exact) mass is 691 g/mol. The van der Waals surface area contributed by atoms with Gasteiger partial charge in [0.1, 0.15) is 24.6 Å². The van der Waals surface area contributed by atoms with Crippen LogP contribution in [0.1, 0.15) is 24.2 Å². The highest BCUT2D eigenvalue weighted by molar-refractivity contribution is 14.1. The van der Waals surface area contributed by atoms with Crippen molar-refractivity contribution < 1.29 is 47.4 Å². The van der Waals surface area contributed by atoms with Gasteiger partial charge in [0, 0.05) is 3.57 Å². The fourth-order valence-electron chi connectivity index (χ4n) is 3.54. The minimum Gasteiger partial charge on any atom is -0.493 e. The molecule has 0 saturated carbocycles. The number of nitro groups is 1. The summed E-state index contributed by atoms with van der Waals surface area (Å²) in [6.45, 7) is 0.231. The van der Waals surface area contributed by atoms with Crippen molar-refractivity contribution in [1.29, 1.82) is 0 Å². The van der Waals surface area contributed by atoms with Crippen LogP contribution in [-0.4, -0.2) is 54.6 Å². The van der Waals surface area contributed by atoms with Crippen LogP contribution in [0, 0.1) is 31.1 Å². The van der Waals surface area contributed by atoms with E-state index in [1.54, 1.807) is 0 Å². The van der Waals surface area contributed by atoms with Crippen molar-refractivity contribution in [2.75, 3.05) is 32.8 Å². The molecule has 0 saturated heterocycles. The Labute approximate surface area is 245 Å². The number of aliphatic hydroxyl groups is 2. The van der Waals surface area contributed by atoms with Crippen molar-refractivity contribution in [1.82, 2.24) is 0 Å². The first-order valence-corrected chi connectivity index (χ1v) is 12.8. The Morgan fingerprint density at radius 1 is 1.10 bits per heavy atom. The van der Waals surface area contributed by atoms with Crippen LogP contribution in [0.4, 0.5) is 30.2 Å². The number of hydrogen-bond acceptors (Lipinski definition) is 10. The van der Waals surface area contributed by atoms with Crippen LogP contribution in [0.5, 0.6) is 11.5 Å². The van der Waals surface area contributed by atoms with Gasteiger partial charge in [-0.05, 0) is 71.1 Å². The third kappa shape index (κ3) is 7.68. The van der Waals surface area contributed by atoms with E-state index in [9.17, 15) is 24.0 Å². The van der Waals surface area contributed by atoms with Gasteiger partial charge in [0.15, 0.2) is 23.1 Å². The van der Waals surface area contributed by atoms with E-state index in [2.05, 4.69) is 10.5 Å². The van der Waals surface area contributed by atoms with Crippen LogP contribution in [0.3, 0.4) is 0 Å². The smallest absolute Gasteiger partial charge is 0.280 e. The number of ether oxygens (including phenoxy) is 3. The van der Waals surface area contributed by atoms with Crippen molar-refractivity contribution in [2.24, 2.45) is 5.16 Å². The summed E-state index contributed by atoms with van der Waals surface area (Å²) in [7, 11) is 2.63. The van der Waals surface area contributed by atoms with Gasteiger partial charge >= 0.3 is 0 Å². The second-order valence-electron chi connectivity index (χ2n) is 8.34. The number of anilines is 2. The molecule has 0 heterocycles. The van der Waals surface area contributed by atoms with Gasteiger partial charge in [-0.1, -0.05) is 0 Å². The van der Waals surface area contributed by atoms with E-state index in [4.69, 9.17) is 24.2 Å². The van der Waals surface area contributed by atoms with Gasteiger partial charge in [0.05, 0.1) is 54.3 Å². The molecule has 41 heavy (non-hydrogen) atoms. The summed E-state index contributed by atoms with van der Waals surface area (Å²) in [5.74, 6) is -3.73. The Kier molecular flexibility index (Phi) is 11.0. The molecule has 0 spiro atoms. The Morgan fingerprint density at radius 2 is 1.78 bits per heavy atom. The molecule has 1 unspecified atom stereocenters. The van der Waals surface area contributed by atoms with Crippen LogP contribution in [0.2, 0.25) is 0 Å². The minimum absolute atomic E-state index is 0.00323. The maximum Gasteiger partial charge on any atom is 0.280 e. The summed E-state index contributed by atoms with van der Waals surface area (Å²) in [5.41, 5.74) is -1.44. The average molecular weight is 691 g/mol. The van der Waals surface area contributed by atoms with E-state index in [1.807, 2.05) is 22.6 Å². The normalized spacial score (nSPS) is 12.9. The molecule has 0 radical (unpaired) electrons. The molecule has 3 aromatic rings. The van der Waals surface area contributed by atoms with Gasteiger partial charge in [-0.15, -0.1) is 0 Å². The molecule has 0 aliphatic carbocycles. The molecule has 0 bridgehead atoms. The maximum absolute atomic E-state index is 15.1. The molecule has 0 amide bonds. The molecular formula is C26H25F3IN3O8. The standard InChI is InChI=1S/C26H25F3IN3O8/c1-13(17-9-22(38-2)23(39-3)10-21(17)33(36)37)41-26(32-40-12-15(35)11-34)16-5-6-18(27)24(29)25(16)31-20-7-4-14(30)8-19(20)28/h4-10,13,15,31,34-35H,11-12H2,1-3H3/b32-26-/t13?,15-/m1/s1. The van der Waals surface area contributed by atoms with Crippen LogP contribution < -0.4 is 14.8 Å². The zero-order valence-electron chi connectivity index (χ0n) is 21.9. The number of nitrogens with zero attached hydrogens (tertiary/aromatic N) is 2. The number of methoxy groups -OCH3 is 2. The largest absolute Gasteiger partial charge is 0.493 e. The number of nitrogens with one attached hydrogen (secondary N) is 1. The number of rotatable bonds is 12. The van der Waals surface area contributed by atoms with E-state index in [-0.39, 0.29) is 28.3 Å². The number of aliphatic hydroxyl groups excluding tert-OH is 2. The van der Waals surface area contributed by atoms with Crippen molar-refractivity contribution in [3.05, 3.63) is 84.7 Å².